The molecule has 1 N–H and O–H groups in total. The van der Waals surface area contributed by atoms with Gasteiger partial charge in [-0.2, -0.15) is 0 Å². The lowest BCUT2D eigenvalue weighted by Gasteiger charge is -2.04. The molecule has 0 aliphatic carbocycles. The highest BCUT2D eigenvalue weighted by Gasteiger charge is 2.15. The van der Waals surface area contributed by atoms with Crippen LogP contribution in [0, 0.1) is 10.1 Å². The maximum absolute atomic E-state index is 11.0. The van der Waals surface area contributed by atoms with E-state index in [4.69, 9.17) is 0 Å². The highest BCUT2D eigenvalue weighted by atomic mass is 79.9. The Morgan fingerprint density at radius 2 is 1.09 bits per heavy atom. The molecule has 8 heteroatoms. The van der Waals surface area contributed by atoms with E-state index in [0.29, 0.717) is 10.0 Å². The molecular weight excluding hydrogens is 668 g/mol. The quantitative estimate of drug-likeness (QED) is 0.149. The standard InChI is InChI=1S/C12H7Br2NO2.C12H7Br2N/c13-9-3-1-8(2-4-9)11-6-5-10(14)7-12(11)15(16)17;13-7-1-3-9-10-4-2-8(14)6-12(10)15-11(9)5-7/h1-7H;1-6,15H. The molecule has 0 unspecified atom stereocenters. The number of nitrogens with one attached hydrogen (secondary N) is 1. The highest BCUT2D eigenvalue weighted by Crippen LogP contribution is 2.33. The lowest BCUT2D eigenvalue weighted by atomic mass is 10.0. The van der Waals surface area contributed by atoms with Crippen molar-refractivity contribution in [1.82, 2.24) is 4.98 Å². The topological polar surface area (TPSA) is 58.9 Å². The fourth-order valence-electron chi connectivity index (χ4n) is 3.38. The Morgan fingerprint density at radius 3 is 1.62 bits per heavy atom. The zero-order valence-electron chi connectivity index (χ0n) is 16.3. The summed E-state index contributed by atoms with van der Waals surface area (Å²) in [5, 5.41) is 13.5. The summed E-state index contributed by atoms with van der Waals surface area (Å²) >= 11 is 13.5. The first kappa shape index (κ1) is 23.2. The van der Waals surface area contributed by atoms with E-state index in [1.165, 1.54) is 16.8 Å². The molecule has 5 rings (SSSR count). The Labute approximate surface area is 217 Å². The van der Waals surface area contributed by atoms with Gasteiger partial charge in [-0.15, -0.1) is 0 Å². The molecular formula is C24H14Br4N2O2. The van der Waals surface area contributed by atoms with Crippen molar-refractivity contribution in [3.05, 3.63) is 107 Å². The average Bonchev–Trinajstić information content (AvgIpc) is 3.11. The van der Waals surface area contributed by atoms with Crippen molar-refractivity contribution in [2.24, 2.45) is 0 Å². The highest BCUT2D eigenvalue weighted by molar-refractivity contribution is 9.11. The van der Waals surface area contributed by atoms with Gasteiger partial charge in [-0.25, -0.2) is 0 Å². The molecule has 0 aliphatic heterocycles. The van der Waals surface area contributed by atoms with E-state index >= 15 is 0 Å². The summed E-state index contributed by atoms with van der Waals surface area (Å²) in [6.07, 6.45) is 0. The van der Waals surface area contributed by atoms with E-state index in [-0.39, 0.29) is 10.6 Å². The second-order valence-electron chi connectivity index (χ2n) is 6.93. The number of aromatic amines is 1. The molecule has 0 radical (unpaired) electrons. The first-order valence-corrected chi connectivity index (χ1v) is 12.6. The van der Waals surface area contributed by atoms with Gasteiger partial charge in [-0.05, 0) is 54.1 Å². The van der Waals surface area contributed by atoms with Crippen LogP contribution in [0.4, 0.5) is 5.69 Å². The summed E-state index contributed by atoms with van der Waals surface area (Å²) < 4.78 is 3.84. The van der Waals surface area contributed by atoms with Gasteiger partial charge in [-0.3, -0.25) is 10.1 Å². The first-order valence-electron chi connectivity index (χ1n) is 9.38. The van der Waals surface area contributed by atoms with Crippen LogP contribution in [0.5, 0.6) is 0 Å². The zero-order valence-corrected chi connectivity index (χ0v) is 22.6. The Kier molecular flexibility index (Phi) is 7.14. The van der Waals surface area contributed by atoms with Crippen LogP contribution >= 0.6 is 63.7 Å². The number of hydrogen-bond donors (Lipinski definition) is 1. The molecule has 0 spiro atoms. The fourth-order valence-corrected chi connectivity index (χ4v) is 4.72. The van der Waals surface area contributed by atoms with E-state index in [1.54, 1.807) is 12.1 Å². The summed E-state index contributed by atoms with van der Waals surface area (Å²) in [4.78, 5) is 14.0. The molecule has 0 atom stereocenters. The second kappa shape index (κ2) is 9.87. The van der Waals surface area contributed by atoms with Gasteiger partial charge in [0.25, 0.3) is 5.69 Å². The lowest BCUT2D eigenvalue weighted by Crippen LogP contribution is -1.91. The third kappa shape index (κ3) is 5.14. The number of H-pyrrole nitrogens is 1. The molecule has 4 aromatic carbocycles. The fraction of sp³-hybridized carbons (Fsp3) is 0. The molecule has 0 saturated heterocycles. The summed E-state index contributed by atoms with van der Waals surface area (Å²) in [5.41, 5.74) is 3.87. The van der Waals surface area contributed by atoms with Crippen molar-refractivity contribution in [1.29, 1.82) is 0 Å². The van der Waals surface area contributed by atoms with E-state index in [0.717, 1.165) is 30.0 Å². The van der Waals surface area contributed by atoms with Crippen LogP contribution in [0.25, 0.3) is 32.9 Å². The van der Waals surface area contributed by atoms with Crippen molar-refractivity contribution in [2.75, 3.05) is 0 Å². The number of aromatic nitrogens is 1. The van der Waals surface area contributed by atoms with Gasteiger partial charge in [0.05, 0.1) is 10.5 Å². The normalized spacial score (nSPS) is 10.8. The zero-order chi connectivity index (χ0) is 22.8. The molecule has 0 saturated carbocycles. The summed E-state index contributed by atoms with van der Waals surface area (Å²) in [7, 11) is 0. The molecule has 0 fully saturated rings. The van der Waals surface area contributed by atoms with Crippen LogP contribution in [-0.2, 0) is 0 Å². The smallest absolute Gasteiger partial charge is 0.278 e. The van der Waals surface area contributed by atoms with Gasteiger partial charge in [0.2, 0.25) is 0 Å². The van der Waals surface area contributed by atoms with E-state index in [2.05, 4.69) is 105 Å². The van der Waals surface area contributed by atoms with Gasteiger partial charge < -0.3 is 4.98 Å². The van der Waals surface area contributed by atoms with Gasteiger partial charge in [0, 0.05) is 45.8 Å². The van der Waals surface area contributed by atoms with Crippen LogP contribution in [0.2, 0.25) is 0 Å². The Morgan fingerprint density at radius 1 is 0.625 bits per heavy atom. The number of benzene rings is 4. The predicted molar refractivity (Wildman–Crippen MR) is 145 cm³/mol. The summed E-state index contributed by atoms with van der Waals surface area (Å²) in [6.45, 7) is 0. The number of nitro benzene ring substituents is 1. The third-order valence-corrected chi connectivity index (χ3v) is 6.84. The maximum atomic E-state index is 11.0. The number of halogens is 4. The minimum atomic E-state index is -0.373. The van der Waals surface area contributed by atoms with Crippen LogP contribution in [0.3, 0.4) is 0 Å². The number of nitrogens with zero attached hydrogens (tertiary/aromatic N) is 1. The largest absolute Gasteiger partial charge is 0.354 e. The Balaban J connectivity index is 0.000000154. The molecule has 0 bridgehead atoms. The van der Waals surface area contributed by atoms with Crippen molar-refractivity contribution >= 4 is 91.2 Å². The average molecular weight is 682 g/mol. The third-order valence-electron chi connectivity index (χ3n) is 4.83. The van der Waals surface area contributed by atoms with Crippen molar-refractivity contribution < 1.29 is 4.92 Å². The molecule has 4 nitrogen and oxygen atoms in total. The van der Waals surface area contributed by atoms with Gasteiger partial charge in [0.15, 0.2) is 0 Å². The monoisotopic (exact) mass is 678 g/mol. The SMILES string of the molecule is Brc1ccc2c(c1)[nH]c1cc(Br)ccc12.O=[N+]([O-])c1cc(Br)ccc1-c1ccc(Br)cc1. The summed E-state index contributed by atoms with van der Waals surface area (Å²) in [6, 6.07) is 25.1. The Hall–Kier alpha value is -2.00. The van der Waals surface area contributed by atoms with Crippen LogP contribution in [0.15, 0.2) is 96.8 Å². The molecule has 160 valence electrons. The maximum Gasteiger partial charge on any atom is 0.278 e. The number of hydrogen-bond acceptors (Lipinski definition) is 2. The first-order chi connectivity index (χ1) is 15.3. The van der Waals surface area contributed by atoms with Crippen LogP contribution in [0.1, 0.15) is 0 Å². The Bertz CT molecular complexity index is 1390. The van der Waals surface area contributed by atoms with Crippen molar-refractivity contribution in [2.45, 2.75) is 0 Å². The predicted octanol–water partition coefficient (Wildman–Crippen LogP) is 9.63. The van der Waals surface area contributed by atoms with Crippen molar-refractivity contribution in [3.8, 4) is 11.1 Å². The van der Waals surface area contributed by atoms with E-state index in [9.17, 15) is 10.1 Å². The van der Waals surface area contributed by atoms with Gasteiger partial charge in [0.1, 0.15) is 0 Å². The lowest BCUT2D eigenvalue weighted by molar-refractivity contribution is -0.384. The molecule has 0 amide bonds. The van der Waals surface area contributed by atoms with Crippen LogP contribution in [-0.4, -0.2) is 9.91 Å². The van der Waals surface area contributed by atoms with E-state index in [1.807, 2.05) is 24.3 Å². The molecule has 32 heavy (non-hydrogen) atoms. The summed E-state index contributed by atoms with van der Waals surface area (Å²) in [5.74, 6) is 0. The number of fused-ring (bicyclic) bond motifs is 3. The van der Waals surface area contributed by atoms with Crippen molar-refractivity contribution in [3.63, 3.8) is 0 Å². The molecule has 0 aliphatic rings. The minimum Gasteiger partial charge on any atom is -0.354 e. The number of rotatable bonds is 2. The van der Waals surface area contributed by atoms with E-state index < -0.39 is 0 Å². The van der Waals surface area contributed by atoms with Crippen LogP contribution < -0.4 is 0 Å². The second-order valence-corrected chi connectivity index (χ2v) is 10.6. The van der Waals surface area contributed by atoms with Gasteiger partial charge in [-0.1, -0.05) is 88.0 Å². The number of nitro groups is 1. The van der Waals surface area contributed by atoms with Gasteiger partial charge >= 0.3 is 0 Å². The minimum absolute atomic E-state index is 0.0988. The molecule has 1 heterocycles. The molecule has 1 aromatic heterocycles. The molecule has 5 aromatic rings.